The number of carboxylic acids is 1. The first kappa shape index (κ1) is 15.2. The highest BCUT2D eigenvalue weighted by atomic mass is 16.4. The quantitative estimate of drug-likeness (QED) is 0.757. The van der Waals surface area contributed by atoms with Crippen molar-refractivity contribution in [2.45, 2.75) is 27.2 Å². The van der Waals surface area contributed by atoms with Crippen molar-refractivity contribution < 1.29 is 14.7 Å². The first-order valence-electron chi connectivity index (χ1n) is 6.19. The number of nitrogens with two attached hydrogens (primary N) is 1. The molecule has 0 aliphatic heterocycles. The number of benzene rings is 1. The van der Waals surface area contributed by atoms with Crippen LogP contribution in [0.15, 0.2) is 12.1 Å². The lowest BCUT2D eigenvalue weighted by Gasteiger charge is -2.12. The van der Waals surface area contributed by atoms with Crippen LogP contribution in [-0.2, 0) is 4.79 Å². The van der Waals surface area contributed by atoms with E-state index in [2.05, 4.69) is 5.32 Å². The van der Waals surface area contributed by atoms with Crippen LogP contribution in [0.4, 0.5) is 5.69 Å². The minimum absolute atomic E-state index is 0.102. The highest BCUT2D eigenvalue weighted by Crippen LogP contribution is 2.20. The highest BCUT2D eigenvalue weighted by molar-refractivity contribution is 5.95. The summed E-state index contributed by atoms with van der Waals surface area (Å²) in [4.78, 5) is 22.9. The van der Waals surface area contributed by atoms with E-state index >= 15 is 0 Å². The number of hydrogen-bond acceptors (Lipinski definition) is 3. The van der Waals surface area contributed by atoms with Gasteiger partial charge in [-0.25, -0.2) is 4.79 Å². The van der Waals surface area contributed by atoms with Crippen LogP contribution in [0.2, 0.25) is 0 Å². The van der Waals surface area contributed by atoms with Crippen LogP contribution in [0.25, 0.3) is 0 Å². The number of aryl methyl sites for hydroxylation is 1. The van der Waals surface area contributed by atoms with Crippen LogP contribution < -0.4 is 11.1 Å². The molecule has 0 heterocycles. The Labute approximate surface area is 112 Å². The van der Waals surface area contributed by atoms with E-state index in [1.807, 2.05) is 13.8 Å². The molecule has 0 spiro atoms. The summed E-state index contributed by atoms with van der Waals surface area (Å²) in [5, 5.41) is 11.8. The number of carboxylic acid groups (broad SMARTS) is 1. The summed E-state index contributed by atoms with van der Waals surface area (Å²) in [6.07, 6.45) is 0.325. The third-order valence-corrected chi connectivity index (χ3v) is 3.12. The van der Waals surface area contributed by atoms with E-state index < -0.39 is 5.97 Å². The maximum atomic E-state index is 11.7. The van der Waals surface area contributed by atoms with Crippen LogP contribution in [0, 0.1) is 19.8 Å². The van der Waals surface area contributed by atoms with E-state index in [1.165, 1.54) is 6.07 Å². The van der Waals surface area contributed by atoms with Gasteiger partial charge in [0.25, 0.3) is 0 Å². The van der Waals surface area contributed by atoms with Crippen LogP contribution in [-0.4, -0.2) is 23.5 Å². The predicted octanol–water partition coefficient (Wildman–Crippen LogP) is 1.93. The number of aromatic carboxylic acids is 1. The Morgan fingerprint density at radius 1 is 1.37 bits per heavy atom. The van der Waals surface area contributed by atoms with Crippen molar-refractivity contribution in [3.8, 4) is 0 Å². The zero-order chi connectivity index (χ0) is 14.6. The molecule has 1 aromatic rings. The summed E-state index contributed by atoms with van der Waals surface area (Å²) in [5.74, 6) is -1.05. The molecular formula is C14H20N2O3. The molecule has 0 aliphatic carbocycles. The molecule has 0 aliphatic rings. The van der Waals surface area contributed by atoms with E-state index in [0.29, 0.717) is 24.2 Å². The van der Waals surface area contributed by atoms with Gasteiger partial charge in [0.1, 0.15) is 0 Å². The Morgan fingerprint density at radius 2 is 2.00 bits per heavy atom. The van der Waals surface area contributed by atoms with Crippen molar-refractivity contribution in [3.05, 3.63) is 28.8 Å². The summed E-state index contributed by atoms with van der Waals surface area (Å²) in [6, 6.07) is 3.25. The van der Waals surface area contributed by atoms with Gasteiger partial charge in [-0.05, 0) is 49.6 Å². The lowest BCUT2D eigenvalue weighted by Crippen LogP contribution is -2.20. The van der Waals surface area contributed by atoms with Crippen molar-refractivity contribution >= 4 is 17.6 Å². The Morgan fingerprint density at radius 3 is 2.53 bits per heavy atom. The molecular weight excluding hydrogens is 244 g/mol. The van der Waals surface area contributed by atoms with Gasteiger partial charge in [0.05, 0.1) is 5.56 Å². The van der Waals surface area contributed by atoms with E-state index in [4.69, 9.17) is 10.8 Å². The molecule has 1 unspecified atom stereocenters. The van der Waals surface area contributed by atoms with Gasteiger partial charge in [-0.2, -0.15) is 0 Å². The number of anilines is 1. The Balaban J connectivity index is 2.91. The van der Waals surface area contributed by atoms with Crippen molar-refractivity contribution in [1.82, 2.24) is 0 Å². The Hall–Kier alpha value is -1.88. The van der Waals surface area contributed by atoms with E-state index in [0.717, 1.165) is 5.56 Å². The van der Waals surface area contributed by atoms with Crippen LogP contribution in [0.5, 0.6) is 0 Å². The summed E-state index contributed by atoms with van der Waals surface area (Å²) >= 11 is 0. The van der Waals surface area contributed by atoms with Crippen LogP contribution in [0.1, 0.15) is 34.8 Å². The molecule has 1 amide bonds. The van der Waals surface area contributed by atoms with Gasteiger partial charge in [0.2, 0.25) is 5.91 Å². The van der Waals surface area contributed by atoms with Crippen LogP contribution >= 0.6 is 0 Å². The Bertz CT molecular complexity index is 498. The number of carbonyl (C=O) groups excluding carboxylic acids is 1. The van der Waals surface area contributed by atoms with E-state index in [1.54, 1.807) is 13.0 Å². The van der Waals surface area contributed by atoms with Crippen molar-refractivity contribution in [2.24, 2.45) is 11.7 Å². The molecule has 0 saturated heterocycles. The normalized spacial score (nSPS) is 12.0. The van der Waals surface area contributed by atoms with Gasteiger partial charge in [-0.15, -0.1) is 0 Å². The smallest absolute Gasteiger partial charge is 0.336 e. The summed E-state index contributed by atoms with van der Waals surface area (Å²) in [6.45, 7) is 5.91. The zero-order valence-corrected chi connectivity index (χ0v) is 11.5. The fraction of sp³-hybridized carbons (Fsp3) is 0.429. The third-order valence-electron chi connectivity index (χ3n) is 3.12. The molecule has 5 heteroatoms. The molecule has 0 bridgehead atoms. The van der Waals surface area contributed by atoms with Gasteiger partial charge >= 0.3 is 5.97 Å². The van der Waals surface area contributed by atoms with Gasteiger partial charge in [0, 0.05) is 12.1 Å². The summed E-state index contributed by atoms with van der Waals surface area (Å²) < 4.78 is 0. The molecule has 19 heavy (non-hydrogen) atoms. The second-order valence-corrected chi connectivity index (χ2v) is 4.86. The molecule has 0 fully saturated rings. The topological polar surface area (TPSA) is 92.4 Å². The number of carbonyl (C=O) groups is 2. The van der Waals surface area contributed by atoms with Gasteiger partial charge in [-0.3, -0.25) is 4.79 Å². The van der Waals surface area contributed by atoms with Gasteiger partial charge < -0.3 is 16.2 Å². The maximum Gasteiger partial charge on any atom is 0.336 e. The highest BCUT2D eigenvalue weighted by Gasteiger charge is 2.13. The molecule has 1 aromatic carbocycles. The standard InChI is InChI=1S/C14H20N2O3/c1-8(7-15)4-13(17)16-11-5-9(2)10(3)12(6-11)14(18)19/h5-6,8H,4,7,15H2,1-3H3,(H,16,17)(H,18,19). The predicted molar refractivity (Wildman–Crippen MR) is 74.3 cm³/mol. The first-order chi connectivity index (χ1) is 8.85. The van der Waals surface area contributed by atoms with Crippen molar-refractivity contribution in [1.29, 1.82) is 0 Å². The maximum absolute atomic E-state index is 11.7. The molecule has 0 aromatic heterocycles. The molecule has 1 atom stereocenters. The molecule has 5 nitrogen and oxygen atoms in total. The molecule has 104 valence electrons. The van der Waals surface area contributed by atoms with E-state index in [-0.39, 0.29) is 17.4 Å². The van der Waals surface area contributed by atoms with E-state index in [9.17, 15) is 9.59 Å². The second-order valence-electron chi connectivity index (χ2n) is 4.86. The number of nitrogens with one attached hydrogen (secondary N) is 1. The summed E-state index contributed by atoms with van der Waals surface area (Å²) in [5.41, 5.74) is 7.73. The molecule has 1 rings (SSSR count). The third kappa shape index (κ3) is 4.06. The van der Waals surface area contributed by atoms with Crippen molar-refractivity contribution in [2.75, 3.05) is 11.9 Å². The molecule has 0 radical (unpaired) electrons. The van der Waals surface area contributed by atoms with Gasteiger partial charge in [-0.1, -0.05) is 6.92 Å². The average Bonchev–Trinajstić information content (AvgIpc) is 2.32. The SMILES string of the molecule is Cc1cc(NC(=O)CC(C)CN)cc(C(=O)O)c1C. The number of hydrogen-bond donors (Lipinski definition) is 3. The average molecular weight is 264 g/mol. The lowest BCUT2D eigenvalue weighted by atomic mass is 10.0. The fourth-order valence-corrected chi connectivity index (χ4v) is 1.77. The minimum atomic E-state index is -0.993. The van der Waals surface area contributed by atoms with Crippen LogP contribution in [0.3, 0.4) is 0 Å². The molecule has 4 N–H and O–H groups in total. The van der Waals surface area contributed by atoms with Crippen molar-refractivity contribution in [3.63, 3.8) is 0 Å². The summed E-state index contributed by atoms with van der Waals surface area (Å²) in [7, 11) is 0. The lowest BCUT2D eigenvalue weighted by molar-refractivity contribution is -0.116. The monoisotopic (exact) mass is 264 g/mol. The largest absolute Gasteiger partial charge is 0.478 e. The fourth-order valence-electron chi connectivity index (χ4n) is 1.77. The molecule has 0 saturated carbocycles. The first-order valence-corrected chi connectivity index (χ1v) is 6.19. The minimum Gasteiger partial charge on any atom is -0.478 e. The Kier molecular flexibility index (Phi) is 5.06. The zero-order valence-electron chi connectivity index (χ0n) is 11.5. The van der Waals surface area contributed by atoms with Gasteiger partial charge in [0.15, 0.2) is 0 Å². The number of rotatable bonds is 5. The number of amides is 1. The second kappa shape index (κ2) is 6.33.